The summed E-state index contributed by atoms with van der Waals surface area (Å²) in [5, 5.41) is 0. The van der Waals surface area contributed by atoms with Gasteiger partial charge in [0.05, 0.1) is 25.7 Å². The fourth-order valence-electron chi connectivity index (χ4n) is 3.46. The molecule has 0 amide bonds. The number of ether oxygens (including phenoxy) is 2. The Morgan fingerprint density at radius 2 is 1.47 bits per heavy atom. The van der Waals surface area contributed by atoms with Crippen molar-refractivity contribution in [2.24, 2.45) is 0 Å². The highest BCUT2D eigenvalue weighted by Crippen LogP contribution is 2.17. The number of nitrogens with zero attached hydrogens (tertiary/aromatic N) is 1. The van der Waals surface area contributed by atoms with Gasteiger partial charge in [0, 0.05) is 6.42 Å². The summed E-state index contributed by atoms with van der Waals surface area (Å²) in [4.78, 5) is 58.5. The van der Waals surface area contributed by atoms with E-state index in [0.717, 1.165) is 24.9 Å². The van der Waals surface area contributed by atoms with E-state index in [9.17, 15) is 28.4 Å². The van der Waals surface area contributed by atoms with Gasteiger partial charge in [-0.25, -0.2) is 4.39 Å². The highest BCUT2D eigenvalue weighted by molar-refractivity contribution is 6.03. The minimum Gasteiger partial charge on any atom is -0.466 e. The lowest BCUT2D eigenvalue weighted by molar-refractivity contribution is -0.148. The molecule has 0 radical (unpaired) electrons. The Labute approximate surface area is 199 Å². The number of carbonyl (C=O) groups excluding carboxylic acids is 5. The highest BCUT2D eigenvalue weighted by atomic mass is 19.1. The van der Waals surface area contributed by atoms with Crippen LogP contribution in [0.25, 0.3) is 0 Å². The summed E-state index contributed by atoms with van der Waals surface area (Å²) in [7, 11) is 1.93. The Bertz CT molecular complexity index is 816. The molecule has 0 saturated carbocycles. The first-order valence-electron chi connectivity index (χ1n) is 11.5. The Morgan fingerprint density at radius 3 is 1.94 bits per heavy atom. The van der Waals surface area contributed by atoms with Gasteiger partial charge in [0.1, 0.15) is 24.4 Å². The summed E-state index contributed by atoms with van der Waals surface area (Å²) in [5.41, 5.74) is 0.921. The zero-order valence-corrected chi connectivity index (χ0v) is 20.1. The molecule has 1 aromatic rings. The standard InChI is InChI=1S/C16H20FNO2.C9H14O5/c1-18-10-2-3-15(18)16(20)11-14(19)9-6-12-4-7-13(17)8-5-12;1-3-13-8(11)5-7(10)6-9(12)14-4-2/h4-5,7-8,15H,2-3,6,9-11H2,1H3;3-6H2,1-2H3/t15-;/m0./s1. The summed E-state index contributed by atoms with van der Waals surface area (Å²) in [6.45, 7) is 4.68. The van der Waals surface area contributed by atoms with Gasteiger partial charge >= 0.3 is 11.9 Å². The van der Waals surface area contributed by atoms with Crippen LogP contribution in [0.2, 0.25) is 0 Å². The number of hydrogen-bond acceptors (Lipinski definition) is 8. The summed E-state index contributed by atoms with van der Waals surface area (Å²) < 4.78 is 21.8. The molecular weight excluding hydrogens is 445 g/mol. The van der Waals surface area contributed by atoms with Crippen molar-refractivity contribution >= 4 is 29.3 Å². The smallest absolute Gasteiger partial charge is 0.313 e. The first kappa shape index (κ1) is 29.1. The number of carbonyl (C=O) groups is 5. The molecule has 0 unspecified atom stereocenters. The van der Waals surface area contributed by atoms with Crippen LogP contribution in [0.15, 0.2) is 24.3 Å². The lowest BCUT2D eigenvalue weighted by atomic mass is 10.0. The van der Waals surface area contributed by atoms with Crippen LogP contribution in [0.4, 0.5) is 4.39 Å². The number of aryl methyl sites for hydroxylation is 1. The number of Topliss-reactive ketones (excluding diaryl/α,β-unsaturated/α-hetero) is 3. The molecule has 0 aliphatic carbocycles. The van der Waals surface area contributed by atoms with Crippen LogP contribution in [-0.4, -0.2) is 67.0 Å². The van der Waals surface area contributed by atoms with Gasteiger partial charge in [-0.05, 0) is 64.4 Å². The first-order chi connectivity index (χ1) is 16.2. The van der Waals surface area contributed by atoms with E-state index < -0.39 is 17.7 Å². The molecule has 8 nitrogen and oxygen atoms in total. The molecule has 188 valence electrons. The lowest BCUT2D eigenvalue weighted by Gasteiger charge is -2.17. The molecule has 1 aliphatic heterocycles. The van der Waals surface area contributed by atoms with Crippen LogP contribution >= 0.6 is 0 Å². The predicted octanol–water partition coefficient (Wildman–Crippen LogP) is 2.84. The average molecular weight is 480 g/mol. The van der Waals surface area contributed by atoms with Crippen molar-refractivity contribution in [1.82, 2.24) is 4.90 Å². The summed E-state index contributed by atoms with van der Waals surface area (Å²) >= 11 is 0. The van der Waals surface area contributed by atoms with Crippen molar-refractivity contribution in [3.05, 3.63) is 35.6 Å². The van der Waals surface area contributed by atoms with Crippen molar-refractivity contribution in [1.29, 1.82) is 0 Å². The van der Waals surface area contributed by atoms with E-state index in [4.69, 9.17) is 0 Å². The number of likely N-dealkylation sites (N-methyl/N-ethyl adjacent to an activating group) is 1. The molecule has 1 heterocycles. The maximum atomic E-state index is 12.8. The number of ketones is 3. The number of likely N-dealkylation sites (tertiary alicyclic amines) is 1. The van der Waals surface area contributed by atoms with E-state index in [1.54, 1.807) is 26.0 Å². The molecular formula is C25H34FNO7. The van der Waals surface area contributed by atoms with Crippen molar-refractivity contribution < 1.29 is 37.8 Å². The van der Waals surface area contributed by atoms with Crippen molar-refractivity contribution in [3.8, 4) is 0 Å². The Kier molecular flexibility index (Phi) is 13.5. The zero-order chi connectivity index (χ0) is 25.5. The van der Waals surface area contributed by atoms with Gasteiger partial charge in [-0.15, -0.1) is 0 Å². The largest absolute Gasteiger partial charge is 0.466 e. The summed E-state index contributed by atoms with van der Waals surface area (Å²) in [6, 6.07) is 6.05. The van der Waals surface area contributed by atoms with Crippen LogP contribution in [0.5, 0.6) is 0 Å². The van der Waals surface area contributed by atoms with Crippen LogP contribution in [0.3, 0.4) is 0 Å². The van der Waals surface area contributed by atoms with E-state index in [0.29, 0.717) is 12.8 Å². The molecule has 0 spiro atoms. The normalized spacial score (nSPS) is 15.1. The van der Waals surface area contributed by atoms with E-state index in [1.165, 1.54) is 12.1 Å². The van der Waals surface area contributed by atoms with Gasteiger partial charge in [0.25, 0.3) is 0 Å². The lowest BCUT2D eigenvalue weighted by Crippen LogP contribution is -2.34. The topological polar surface area (TPSA) is 107 Å². The van der Waals surface area contributed by atoms with Crippen LogP contribution in [0.1, 0.15) is 57.9 Å². The Balaban J connectivity index is 0.000000365. The molecule has 1 atom stereocenters. The number of esters is 2. The van der Waals surface area contributed by atoms with Gasteiger partial charge in [-0.3, -0.25) is 28.9 Å². The number of rotatable bonds is 12. The number of hydrogen-bond donors (Lipinski definition) is 0. The minimum atomic E-state index is -0.609. The quantitative estimate of drug-likeness (QED) is 0.333. The fraction of sp³-hybridized carbons (Fsp3) is 0.560. The van der Waals surface area contributed by atoms with E-state index >= 15 is 0 Å². The third-order valence-corrected chi connectivity index (χ3v) is 5.16. The first-order valence-corrected chi connectivity index (χ1v) is 11.5. The van der Waals surface area contributed by atoms with E-state index in [2.05, 4.69) is 9.47 Å². The molecule has 1 fully saturated rings. The molecule has 1 saturated heterocycles. The molecule has 0 bridgehead atoms. The monoisotopic (exact) mass is 479 g/mol. The Morgan fingerprint density at radius 1 is 0.912 bits per heavy atom. The molecule has 34 heavy (non-hydrogen) atoms. The predicted molar refractivity (Wildman–Crippen MR) is 123 cm³/mol. The zero-order valence-electron chi connectivity index (χ0n) is 20.1. The number of halogens is 1. The van der Waals surface area contributed by atoms with Crippen molar-refractivity contribution in [2.45, 2.75) is 64.8 Å². The molecule has 9 heteroatoms. The van der Waals surface area contributed by atoms with E-state index in [-0.39, 0.29) is 55.9 Å². The minimum absolute atomic E-state index is 0.0240. The highest BCUT2D eigenvalue weighted by Gasteiger charge is 2.28. The summed E-state index contributed by atoms with van der Waals surface area (Å²) in [5.74, 6) is -1.97. The molecule has 0 aromatic heterocycles. The van der Waals surface area contributed by atoms with Crippen LogP contribution in [-0.2, 0) is 39.9 Å². The maximum Gasteiger partial charge on any atom is 0.313 e. The third-order valence-electron chi connectivity index (χ3n) is 5.16. The number of benzene rings is 1. The van der Waals surface area contributed by atoms with Crippen LogP contribution in [0, 0.1) is 5.82 Å². The average Bonchev–Trinajstić information content (AvgIpc) is 3.20. The second-order valence-electron chi connectivity index (χ2n) is 7.95. The van der Waals surface area contributed by atoms with Crippen molar-refractivity contribution in [3.63, 3.8) is 0 Å². The second kappa shape index (κ2) is 15.8. The van der Waals surface area contributed by atoms with Crippen molar-refractivity contribution in [2.75, 3.05) is 26.8 Å². The van der Waals surface area contributed by atoms with Gasteiger partial charge in [0.2, 0.25) is 0 Å². The van der Waals surface area contributed by atoms with Gasteiger partial charge in [-0.2, -0.15) is 0 Å². The molecule has 2 rings (SSSR count). The maximum absolute atomic E-state index is 12.8. The van der Waals surface area contributed by atoms with Gasteiger partial charge < -0.3 is 9.47 Å². The third kappa shape index (κ3) is 11.8. The fourth-order valence-corrected chi connectivity index (χ4v) is 3.46. The second-order valence-corrected chi connectivity index (χ2v) is 7.95. The van der Waals surface area contributed by atoms with Crippen LogP contribution < -0.4 is 0 Å². The Hall–Kier alpha value is -2.94. The SMILES string of the molecule is CCOC(=O)CC(=O)CC(=O)OCC.CN1CCC[C@H]1C(=O)CC(=O)CCc1ccc(F)cc1. The molecule has 0 N–H and O–H groups in total. The van der Waals surface area contributed by atoms with E-state index in [1.807, 2.05) is 11.9 Å². The van der Waals surface area contributed by atoms with Gasteiger partial charge in [-0.1, -0.05) is 12.1 Å². The summed E-state index contributed by atoms with van der Waals surface area (Å²) in [6.07, 6.45) is 2.08. The molecule has 1 aliphatic rings. The van der Waals surface area contributed by atoms with Gasteiger partial charge in [0.15, 0.2) is 11.6 Å². The molecule has 1 aromatic carbocycles.